The van der Waals surface area contributed by atoms with Crippen molar-refractivity contribution >= 4 is 17.4 Å². The molecule has 1 aromatic carbocycles. The van der Waals surface area contributed by atoms with E-state index in [0.717, 1.165) is 42.1 Å². The molecule has 3 heteroatoms. The molecule has 1 aliphatic heterocycles. The molecule has 1 unspecified atom stereocenters. The average molecular weight is 238 g/mol. The van der Waals surface area contributed by atoms with Gasteiger partial charge in [-0.2, -0.15) is 0 Å². The standard InChI is InChI=1S/C13H16ClNO/c1-9-7-10(4-5-12(9)14)13(16)11-3-2-6-15-8-11/h4-5,7,11,15H,2-3,6,8H2,1H3. The maximum absolute atomic E-state index is 12.2. The Morgan fingerprint density at radius 2 is 2.31 bits per heavy atom. The van der Waals surface area contributed by atoms with E-state index in [-0.39, 0.29) is 11.7 Å². The highest BCUT2D eigenvalue weighted by Crippen LogP contribution is 2.21. The van der Waals surface area contributed by atoms with E-state index in [1.54, 1.807) is 6.07 Å². The Kier molecular flexibility index (Phi) is 3.62. The summed E-state index contributed by atoms with van der Waals surface area (Å²) in [4.78, 5) is 12.2. The minimum atomic E-state index is 0.134. The van der Waals surface area contributed by atoms with E-state index in [1.807, 2.05) is 19.1 Å². The van der Waals surface area contributed by atoms with E-state index >= 15 is 0 Å². The van der Waals surface area contributed by atoms with Crippen LogP contribution < -0.4 is 5.32 Å². The molecule has 16 heavy (non-hydrogen) atoms. The van der Waals surface area contributed by atoms with Gasteiger partial charge in [-0.1, -0.05) is 11.6 Å². The Balaban J connectivity index is 2.16. The molecule has 86 valence electrons. The molecule has 2 rings (SSSR count). The van der Waals surface area contributed by atoms with Gasteiger partial charge in [0.2, 0.25) is 0 Å². The lowest BCUT2D eigenvalue weighted by molar-refractivity contribution is 0.0899. The molecule has 0 saturated carbocycles. The summed E-state index contributed by atoms with van der Waals surface area (Å²) in [6.45, 7) is 3.77. The topological polar surface area (TPSA) is 29.1 Å². The predicted molar refractivity (Wildman–Crippen MR) is 66.1 cm³/mol. The second-order valence-corrected chi connectivity index (χ2v) is 4.78. The van der Waals surface area contributed by atoms with Gasteiger partial charge in [0.15, 0.2) is 5.78 Å². The van der Waals surface area contributed by atoms with Crippen molar-refractivity contribution in [3.63, 3.8) is 0 Å². The van der Waals surface area contributed by atoms with Gasteiger partial charge in [0.05, 0.1) is 0 Å². The number of Topliss-reactive ketones (excluding diaryl/α,β-unsaturated/α-hetero) is 1. The van der Waals surface area contributed by atoms with E-state index in [4.69, 9.17) is 11.6 Å². The van der Waals surface area contributed by atoms with Gasteiger partial charge in [-0.15, -0.1) is 0 Å². The average Bonchev–Trinajstić information content (AvgIpc) is 2.33. The molecule has 0 aromatic heterocycles. The van der Waals surface area contributed by atoms with Crippen LogP contribution >= 0.6 is 11.6 Å². The number of nitrogens with one attached hydrogen (secondary N) is 1. The van der Waals surface area contributed by atoms with Crippen LogP contribution in [0.15, 0.2) is 18.2 Å². The maximum Gasteiger partial charge on any atom is 0.167 e. The molecule has 2 nitrogen and oxygen atoms in total. The van der Waals surface area contributed by atoms with E-state index in [0.29, 0.717) is 0 Å². The number of hydrogen-bond acceptors (Lipinski definition) is 2. The minimum absolute atomic E-state index is 0.134. The summed E-state index contributed by atoms with van der Waals surface area (Å²) in [6.07, 6.45) is 2.08. The van der Waals surface area contributed by atoms with Crippen molar-refractivity contribution in [2.75, 3.05) is 13.1 Å². The van der Waals surface area contributed by atoms with Crippen LogP contribution in [0.2, 0.25) is 5.02 Å². The molecule has 1 heterocycles. The molecule has 0 amide bonds. The molecule has 1 aliphatic rings. The number of aryl methyl sites for hydroxylation is 1. The van der Waals surface area contributed by atoms with Gasteiger partial charge in [-0.05, 0) is 50.1 Å². The van der Waals surface area contributed by atoms with Gasteiger partial charge in [0.1, 0.15) is 0 Å². The van der Waals surface area contributed by atoms with Crippen molar-refractivity contribution in [2.24, 2.45) is 5.92 Å². The summed E-state index contributed by atoms with van der Waals surface area (Å²) in [6, 6.07) is 5.52. The fourth-order valence-electron chi connectivity index (χ4n) is 2.11. The summed E-state index contributed by atoms with van der Waals surface area (Å²) in [7, 11) is 0. The smallest absolute Gasteiger partial charge is 0.167 e. The summed E-state index contributed by atoms with van der Waals surface area (Å²) in [5, 5.41) is 3.99. The summed E-state index contributed by atoms with van der Waals surface area (Å²) in [5.74, 6) is 0.376. The second kappa shape index (κ2) is 4.98. The van der Waals surface area contributed by atoms with E-state index < -0.39 is 0 Å². The lowest BCUT2D eigenvalue weighted by atomic mass is 9.90. The minimum Gasteiger partial charge on any atom is -0.316 e. The third-order valence-corrected chi connectivity index (χ3v) is 3.53. The second-order valence-electron chi connectivity index (χ2n) is 4.37. The first-order valence-electron chi connectivity index (χ1n) is 5.69. The highest BCUT2D eigenvalue weighted by atomic mass is 35.5. The summed E-state index contributed by atoms with van der Waals surface area (Å²) < 4.78 is 0. The normalized spacial score (nSPS) is 20.8. The Hall–Kier alpha value is -0.860. The maximum atomic E-state index is 12.2. The van der Waals surface area contributed by atoms with Crippen LogP contribution in [0.25, 0.3) is 0 Å². The zero-order valence-corrected chi connectivity index (χ0v) is 10.2. The first-order valence-corrected chi connectivity index (χ1v) is 6.07. The van der Waals surface area contributed by atoms with E-state index in [9.17, 15) is 4.79 Å². The van der Waals surface area contributed by atoms with Gasteiger partial charge in [-0.25, -0.2) is 0 Å². The zero-order chi connectivity index (χ0) is 11.5. The molecule has 1 aromatic rings. The van der Waals surface area contributed by atoms with Crippen LogP contribution in [0, 0.1) is 12.8 Å². The number of halogens is 1. The van der Waals surface area contributed by atoms with Gasteiger partial charge >= 0.3 is 0 Å². The van der Waals surface area contributed by atoms with Crippen LogP contribution in [0.3, 0.4) is 0 Å². The molecule has 0 aliphatic carbocycles. The van der Waals surface area contributed by atoms with Crippen LogP contribution in [-0.4, -0.2) is 18.9 Å². The SMILES string of the molecule is Cc1cc(C(=O)C2CCCNC2)ccc1Cl. The van der Waals surface area contributed by atoms with Crippen molar-refractivity contribution in [3.8, 4) is 0 Å². The molecule has 0 spiro atoms. The molecule has 1 saturated heterocycles. The Morgan fingerprint density at radius 1 is 1.50 bits per heavy atom. The van der Waals surface area contributed by atoms with E-state index in [1.165, 1.54) is 0 Å². The van der Waals surface area contributed by atoms with Gasteiger partial charge in [-0.3, -0.25) is 4.79 Å². The molecular weight excluding hydrogens is 222 g/mol. The van der Waals surface area contributed by atoms with Crippen molar-refractivity contribution in [3.05, 3.63) is 34.3 Å². The van der Waals surface area contributed by atoms with Crippen molar-refractivity contribution in [2.45, 2.75) is 19.8 Å². The Morgan fingerprint density at radius 3 is 2.94 bits per heavy atom. The molecule has 0 bridgehead atoms. The van der Waals surface area contributed by atoms with Crippen molar-refractivity contribution in [1.82, 2.24) is 5.32 Å². The lowest BCUT2D eigenvalue weighted by Crippen LogP contribution is -2.34. The summed E-state index contributed by atoms with van der Waals surface area (Å²) >= 11 is 5.95. The highest BCUT2D eigenvalue weighted by molar-refractivity contribution is 6.31. The fraction of sp³-hybridized carbons (Fsp3) is 0.462. The molecule has 0 radical (unpaired) electrons. The van der Waals surface area contributed by atoms with Crippen molar-refractivity contribution < 1.29 is 4.79 Å². The quantitative estimate of drug-likeness (QED) is 0.802. The van der Waals surface area contributed by atoms with Gasteiger partial charge < -0.3 is 5.32 Å². The first-order chi connectivity index (χ1) is 7.68. The monoisotopic (exact) mass is 237 g/mol. The van der Waals surface area contributed by atoms with Crippen LogP contribution in [0.1, 0.15) is 28.8 Å². The largest absolute Gasteiger partial charge is 0.316 e. The van der Waals surface area contributed by atoms with Crippen LogP contribution in [-0.2, 0) is 0 Å². The Bertz CT molecular complexity index is 397. The van der Waals surface area contributed by atoms with Gasteiger partial charge in [0, 0.05) is 23.0 Å². The number of ketones is 1. The number of carbonyl (C=O) groups is 1. The molecule has 1 fully saturated rings. The van der Waals surface area contributed by atoms with Crippen LogP contribution in [0.4, 0.5) is 0 Å². The predicted octanol–water partition coefficient (Wildman–Crippen LogP) is 2.83. The number of piperidine rings is 1. The number of hydrogen-bond donors (Lipinski definition) is 1. The first kappa shape index (κ1) is 11.6. The summed E-state index contributed by atoms with van der Waals surface area (Å²) in [5.41, 5.74) is 1.76. The van der Waals surface area contributed by atoms with E-state index in [2.05, 4.69) is 5.32 Å². The highest BCUT2D eigenvalue weighted by Gasteiger charge is 2.22. The van der Waals surface area contributed by atoms with Crippen molar-refractivity contribution in [1.29, 1.82) is 0 Å². The third kappa shape index (κ3) is 2.45. The number of benzene rings is 1. The fourth-order valence-corrected chi connectivity index (χ4v) is 2.23. The van der Waals surface area contributed by atoms with Crippen LogP contribution in [0.5, 0.6) is 0 Å². The zero-order valence-electron chi connectivity index (χ0n) is 9.42. The van der Waals surface area contributed by atoms with Gasteiger partial charge in [0.25, 0.3) is 0 Å². The molecule has 1 N–H and O–H groups in total. The Labute approximate surface area is 101 Å². The lowest BCUT2D eigenvalue weighted by Gasteiger charge is -2.21. The number of rotatable bonds is 2. The third-order valence-electron chi connectivity index (χ3n) is 3.11. The molecule has 1 atom stereocenters. The molecular formula is C13H16ClNO. The number of carbonyl (C=O) groups excluding carboxylic acids is 1.